The molecule has 7 heteroatoms. The van der Waals surface area contributed by atoms with Crippen LogP contribution in [0.5, 0.6) is 11.5 Å². The summed E-state index contributed by atoms with van der Waals surface area (Å²) in [5, 5.41) is 17.2. The van der Waals surface area contributed by atoms with Crippen molar-refractivity contribution in [3.05, 3.63) is 59.7 Å². The monoisotopic (exact) mass is 425 g/mol. The Morgan fingerprint density at radius 2 is 1.71 bits per heavy atom. The number of amides is 2. The zero-order valence-electron chi connectivity index (χ0n) is 17.9. The van der Waals surface area contributed by atoms with Crippen molar-refractivity contribution in [3.8, 4) is 11.5 Å². The number of ether oxygens (including phenoxy) is 2. The first-order valence-electron chi connectivity index (χ1n) is 11.0. The van der Waals surface area contributed by atoms with Gasteiger partial charge in [-0.2, -0.15) is 0 Å². The summed E-state index contributed by atoms with van der Waals surface area (Å²) >= 11 is 0. The Bertz CT molecular complexity index is 870. The Morgan fingerprint density at radius 3 is 2.45 bits per heavy atom. The van der Waals surface area contributed by atoms with Gasteiger partial charge in [-0.15, -0.1) is 0 Å². The molecular weight excluding hydrogens is 394 g/mol. The summed E-state index contributed by atoms with van der Waals surface area (Å²) in [6.45, 7) is 5.50. The van der Waals surface area contributed by atoms with Crippen molar-refractivity contribution in [1.82, 2.24) is 15.5 Å². The number of fused-ring (bicyclic) bond motifs is 1. The third-order valence-electron chi connectivity index (χ3n) is 5.91. The minimum atomic E-state index is -0.866. The van der Waals surface area contributed by atoms with E-state index in [-0.39, 0.29) is 12.1 Å². The van der Waals surface area contributed by atoms with Crippen LogP contribution in [0.2, 0.25) is 0 Å². The molecule has 31 heavy (non-hydrogen) atoms. The number of rotatable bonds is 7. The molecule has 4 rings (SSSR count). The minimum absolute atomic E-state index is 0.139. The second-order valence-corrected chi connectivity index (χ2v) is 8.21. The Kier molecular flexibility index (Phi) is 6.94. The van der Waals surface area contributed by atoms with Gasteiger partial charge in [0.2, 0.25) is 0 Å². The molecule has 166 valence electrons. The number of aliphatic hydroxyl groups excluding tert-OH is 1. The number of nitrogens with zero attached hydrogens (tertiary/aromatic N) is 1. The second kappa shape index (κ2) is 10.0. The quantitative estimate of drug-likeness (QED) is 0.635. The highest BCUT2D eigenvalue weighted by Crippen LogP contribution is 2.33. The largest absolute Gasteiger partial charge is 0.486 e. The lowest BCUT2D eigenvalue weighted by molar-refractivity contribution is 0.108. The highest BCUT2D eigenvalue weighted by atomic mass is 16.6. The van der Waals surface area contributed by atoms with E-state index in [0.717, 1.165) is 31.5 Å². The van der Waals surface area contributed by atoms with Gasteiger partial charge in [0.15, 0.2) is 11.5 Å². The van der Waals surface area contributed by atoms with Crippen molar-refractivity contribution in [3.63, 3.8) is 0 Å². The van der Waals surface area contributed by atoms with Crippen LogP contribution in [0.4, 0.5) is 4.79 Å². The van der Waals surface area contributed by atoms with Gasteiger partial charge in [0.25, 0.3) is 0 Å². The Hall–Kier alpha value is -2.77. The predicted molar refractivity (Wildman–Crippen MR) is 118 cm³/mol. The zero-order valence-corrected chi connectivity index (χ0v) is 17.9. The van der Waals surface area contributed by atoms with E-state index in [4.69, 9.17) is 9.47 Å². The summed E-state index contributed by atoms with van der Waals surface area (Å²) < 4.78 is 11.2. The normalized spacial score (nSPS) is 18.8. The molecule has 3 N–H and O–H groups in total. The summed E-state index contributed by atoms with van der Waals surface area (Å²) in [7, 11) is 0. The van der Waals surface area contributed by atoms with Gasteiger partial charge in [0.1, 0.15) is 19.3 Å². The van der Waals surface area contributed by atoms with E-state index in [1.807, 2.05) is 55.5 Å². The first kappa shape index (κ1) is 21.5. The van der Waals surface area contributed by atoms with E-state index in [9.17, 15) is 9.90 Å². The number of hydrogen-bond acceptors (Lipinski definition) is 5. The Labute approximate surface area is 183 Å². The van der Waals surface area contributed by atoms with Gasteiger partial charge >= 0.3 is 6.03 Å². The molecular formula is C24H31N3O4. The van der Waals surface area contributed by atoms with E-state index in [2.05, 4.69) is 15.5 Å². The van der Waals surface area contributed by atoms with Crippen molar-refractivity contribution in [2.45, 2.75) is 38.0 Å². The lowest BCUT2D eigenvalue weighted by Crippen LogP contribution is -2.50. The number of nitrogens with one attached hydrogen (secondary N) is 2. The highest BCUT2D eigenvalue weighted by molar-refractivity contribution is 5.75. The first-order chi connectivity index (χ1) is 15.1. The molecule has 1 saturated heterocycles. The van der Waals surface area contributed by atoms with Crippen molar-refractivity contribution in [1.29, 1.82) is 0 Å². The average molecular weight is 426 g/mol. The molecule has 2 amide bonds. The van der Waals surface area contributed by atoms with E-state index in [1.54, 1.807) is 0 Å². The fourth-order valence-electron chi connectivity index (χ4n) is 4.18. The number of urea groups is 1. The van der Waals surface area contributed by atoms with Gasteiger partial charge in [0.05, 0.1) is 12.1 Å². The number of hydrogen-bond donors (Lipinski definition) is 3. The summed E-state index contributed by atoms with van der Waals surface area (Å²) in [4.78, 5) is 15.1. The molecule has 2 aliphatic heterocycles. The lowest BCUT2D eigenvalue weighted by Gasteiger charge is -2.30. The molecule has 2 aromatic rings. The summed E-state index contributed by atoms with van der Waals surface area (Å²) in [5.41, 5.74) is 1.73. The Balaban J connectivity index is 1.46. The number of aliphatic hydroxyl groups is 1. The van der Waals surface area contributed by atoms with Crippen LogP contribution in [0.3, 0.4) is 0 Å². The van der Waals surface area contributed by atoms with Gasteiger partial charge in [-0.3, -0.25) is 0 Å². The van der Waals surface area contributed by atoms with Crippen LogP contribution >= 0.6 is 0 Å². The zero-order chi connectivity index (χ0) is 21.6. The predicted octanol–water partition coefficient (Wildman–Crippen LogP) is 3.02. The lowest BCUT2D eigenvalue weighted by atomic mass is 10.0. The minimum Gasteiger partial charge on any atom is -0.486 e. The van der Waals surface area contributed by atoms with Crippen LogP contribution in [0.1, 0.15) is 43.0 Å². The second-order valence-electron chi connectivity index (χ2n) is 8.21. The van der Waals surface area contributed by atoms with Gasteiger partial charge in [-0.1, -0.05) is 36.4 Å². The summed E-state index contributed by atoms with van der Waals surface area (Å²) in [6.07, 6.45) is 1.42. The van der Waals surface area contributed by atoms with Crippen molar-refractivity contribution < 1.29 is 19.4 Å². The maximum atomic E-state index is 12.8. The van der Waals surface area contributed by atoms with E-state index >= 15 is 0 Å². The smallest absolute Gasteiger partial charge is 0.315 e. The van der Waals surface area contributed by atoms with Crippen molar-refractivity contribution in [2.75, 3.05) is 32.8 Å². The van der Waals surface area contributed by atoms with E-state index in [1.165, 1.54) is 0 Å². The number of carbonyl (C=O) groups excluding carboxylic acids is 1. The fourth-order valence-corrected chi connectivity index (χ4v) is 4.18. The molecule has 0 spiro atoms. The molecule has 1 unspecified atom stereocenters. The maximum Gasteiger partial charge on any atom is 0.315 e. The Morgan fingerprint density at radius 1 is 1.00 bits per heavy atom. The molecule has 3 atom stereocenters. The van der Waals surface area contributed by atoms with E-state index in [0.29, 0.717) is 36.8 Å². The maximum absolute atomic E-state index is 12.8. The molecule has 0 bridgehead atoms. The summed E-state index contributed by atoms with van der Waals surface area (Å²) in [5.74, 6) is 1.31. The number of carbonyl (C=O) groups is 1. The van der Waals surface area contributed by atoms with Crippen LogP contribution in [-0.2, 0) is 0 Å². The average Bonchev–Trinajstić information content (AvgIpc) is 3.31. The molecule has 2 aliphatic rings. The van der Waals surface area contributed by atoms with Gasteiger partial charge in [-0.05, 0) is 56.1 Å². The van der Waals surface area contributed by atoms with Gasteiger partial charge in [0, 0.05) is 6.54 Å². The van der Waals surface area contributed by atoms with Crippen LogP contribution in [0.15, 0.2) is 48.5 Å². The molecule has 7 nitrogen and oxygen atoms in total. The molecule has 1 fully saturated rings. The molecule has 0 aliphatic carbocycles. The van der Waals surface area contributed by atoms with Crippen molar-refractivity contribution >= 4 is 6.03 Å². The third-order valence-corrected chi connectivity index (χ3v) is 5.91. The van der Waals surface area contributed by atoms with Gasteiger partial charge in [-0.25, -0.2) is 4.79 Å². The van der Waals surface area contributed by atoms with E-state index < -0.39 is 12.1 Å². The molecule has 0 aromatic heterocycles. The van der Waals surface area contributed by atoms with Crippen LogP contribution in [-0.4, -0.2) is 54.9 Å². The van der Waals surface area contributed by atoms with Crippen molar-refractivity contribution in [2.24, 2.45) is 0 Å². The number of likely N-dealkylation sites (tertiary alicyclic amines) is 1. The molecule has 0 radical (unpaired) electrons. The van der Waals surface area contributed by atoms with Crippen LogP contribution in [0, 0.1) is 0 Å². The molecule has 0 saturated carbocycles. The first-order valence-corrected chi connectivity index (χ1v) is 11.0. The topological polar surface area (TPSA) is 83.1 Å². The van der Waals surface area contributed by atoms with Crippen LogP contribution in [0.25, 0.3) is 0 Å². The third kappa shape index (κ3) is 5.48. The highest BCUT2D eigenvalue weighted by Gasteiger charge is 2.28. The van der Waals surface area contributed by atoms with Gasteiger partial charge < -0.3 is 30.1 Å². The van der Waals surface area contributed by atoms with Crippen LogP contribution < -0.4 is 20.1 Å². The molecule has 2 aromatic carbocycles. The number of benzene rings is 2. The summed E-state index contributed by atoms with van der Waals surface area (Å²) in [6, 6.07) is 14.4. The molecule has 2 heterocycles. The standard InChI is InChI=1S/C24H31N3O4/c1-17(18-7-3-2-4-8-18)25-24(29)26-20(16-27-11-5-6-12-27)23(28)19-9-10-21-22(15-19)31-14-13-30-21/h2-4,7-10,15,17,20,23,28H,5-6,11-14,16H2,1H3,(H2,25,26,29)/t17-,20?,23+/m0/s1. The fraction of sp³-hybridized carbons (Fsp3) is 0.458. The SMILES string of the molecule is C[C@H](NC(=O)NC(CN1CCCC1)[C@H](O)c1ccc2c(c1)OCCO2)c1ccccc1.